The van der Waals surface area contributed by atoms with Crippen LogP contribution in [0.15, 0.2) is 12.1 Å². The van der Waals surface area contributed by atoms with Gasteiger partial charge in [0.15, 0.2) is 11.5 Å². The Bertz CT molecular complexity index is 291. The molecule has 0 heterocycles. The van der Waals surface area contributed by atoms with Crippen molar-refractivity contribution in [3.63, 3.8) is 0 Å². The van der Waals surface area contributed by atoms with Crippen molar-refractivity contribution in [1.82, 2.24) is 0 Å². The van der Waals surface area contributed by atoms with Crippen molar-refractivity contribution in [2.45, 2.75) is 0 Å². The second-order valence-electron chi connectivity index (χ2n) is 1.96. The van der Waals surface area contributed by atoms with Gasteiger partial charge in [0.1, 0.15) is 0 Å². The average molecular weight is 394 g/mol. The molecule has 1 aromatic rings. The van der Waals surface area contributed by atoms with E-state index < -0.39 is 6.86 Å². The molecule has 1 N–H and O–H groups in total. The molecule has 0 saturated heterocycles. The third kappa shape index (κ3) is 2.12. The van der Waals surface area contributed by atoms with E-state index in [0.717, 1.165) is 3.57 Å². The molecule has 0 spiro atoms. The van der Waals surface area contributed by atoms with E-state index in [1.165, 1.54) is 0 Å². The largest absolute Gasteiger partial charge is 0.503 e. The summed E-state index contributed by atoms with van der Waals surface area (Å²) in [4.78, 5) is 0. The Kier molecular flexibility index (Phi) is 3.81. The summed E-state index contributed by atoms with van der Waals surface area (Å²) in [5.41, 5.74) is 0. The van der Waals surface area contributed by atoms with Crippen LogP contribution in [0.2, 0.25) is 0 Å². The number of rotatable bonds is 2. The topological polar surface area (TPSA) is 29.5 Å². The molecule has 5 heteroatoms. The number of phenols is 1. The van der Waals surface area contributed by atoms with Gasteiger partial charge in [0.25, 0.3) is 0 Å². The Labute approximate surface area is 96.4 Å². The monoisotopic (exact) mass is 394 g/mol. The normalized spacial score (nSPS) is 9.92. The van der Waals surface area contributed by atoms with E-state index in [4.69, 9.17) is 0 Å². The fraction of sp³-hybridized carbons (Fsp3) is 0.143. The maximum Gasteiger partial charge on any atom is 0.228 e. The fourth-order valence-electron chi connectivity index (χ4n) is 0.697. The van der Waals surface area contributed by atoms with E-state index >= 15 is 0 Å². The van der Waals surface area contributed by atoms with Crippen molar-refractivity contribution >= 4 is 45.2 Å². The van der Waals surface area contributed by atoms with Gasteiger partial charge in [-0.1, -0.05) is 0 Å². The molecule has 12 heavy (non-hydrogen) atoms. The van der Waals surface area contributed by atoms with E-state index in [1.54, 1.807) is 12.1 Å². The van der Waals surface area contributed by atoms with Crippen LogP contribution >= 0.6 is 45.2 Å². The van der Waals surface area contributed by atoms with Gasteiger partial charge in [-0.25, -0.2) is 4.39 Å². The maximum atomic E-state index is 11.8. The number of benzene rings is 1. The standard InChI is InChI=1S/C7H5FI2O2/c8-3-12-5-2-1-4(9)6(10)7(5)11/h1-2,11H,3H2. The molecule has 0 aliphatic heterocycles. The summed E-state index contributed by atoms with van der Waals surface area (Å²) in [6.07, 6.45) is 0. The molecule has 0 unspecified atom stereocenters. The first-order chi connectivity index (χ1) is 5.66. The number of aromatic hydroxyl groups is 1. The molecule has 0 saturated carbocycles. The summed E-state index contributed by atoms with van der Waals surface area (Å²) < 4.78 is 17.9. The highest BCUT2D eigenvalue weighted by Gasteiger charge is 2.08. The molecule has 66 valence electrons. The average Bonchev–Trinajstić information content (AvgIpc) is 2.07. The van der Waals surface area contributed by atoms with Crippen molar-refractivity contribution in [3.8, 4) is 11.5 Å². The zero-order valence-electron chi connectivity index (χ0n) is 5.85. The van der Waals surface area contributed by atoms with Crippen molar-refractivity contribution < 1.29 is 14.2 Å². The number of ether oxygens (including phenoxy) is 1. The van der Waals surface area contributed by atoms with Gasteiger partial charge in [0.2, 0.25) is 6.86 Å². The molecule has 0 amide bonds. The highest BCUT2D eigenvalue weighted by molar-refractivity contribution is 14.1. The number of phenolic OH excluding ortho intramolecular Hbond substituents is 1. The molecule has 1 rings (SSSR count). The predicted molar refractivity (Wildman–Crippen MR) is 60.1 cm³/mol. The third-order valence-corrected chi connectivity index (χ3v) is 4.27. The number of hydrogen-bond donors (Lipinski definition) is 1. The minimum absolute atomic E-state index is 0.000139. The van der Waals surface area contributed by atoms with Gasteiger partial charge in [-0.15, -0.1) is 0 Å². The smallest absolute Gasteiger partial charge is 0.228 e. The quantitative estimate of drug-likeness (QED) is 0.783. The Morgan fingerprint density at radius 1 is 1.42 bits per heavy atom. The van der Waals surface area contributed by atoms with Crippen LogP contribution in [0, 0.1) is 7.14 Å². The molecule has 0 atom stereocenters. The first-order valence-corrected chi connectivity index (χ1v) is 5.18. The summed E-state index contributed by atoms with van der Waals surface area (Å²) in [6.45, 7) is -0.926. The summed E-state index contributed by atoms with van der Waals surface area (Å²) in [6, 6.07) is 3.30. The van der Waals surface area contributed by atoms with Crippen LogP contribution in [0.4, 0.5) is 4.39 Å². The van der Waals surface area contributed by atoms with Gasteiger partial charge >= 0.3 is 0 Å². The molecular weight excluding hydrogens is 389 g/mol. The lowest BCUT2D eigenvalue weighted by atomic mass is 10.3. The molecule has 0 radical (unpaired) electrons. The van der Waals surface area contributed by atoms with Crippen molar-refractivity contribution in [2.75, 3.05) is 6.86 Å². The summed E-state index contributed by atoms with van der Waals surface area (Å²) in [5.74, 6) is 0.183. The van der Waals surface area contributed by atoms with Crippen LogP contribution in [0.5, 0.6) is 11.5 Å². The van der Waals surface area contributed by atoms with Gasteiger partial charge in [-0.3, -0.25) is 0 Å². The second-order valence-corrected chi connectivity index (χ2v) is 4.20. The Morgan fingerprint density at radius 3 is 2.67 bits per heavy atom. The van der Waals surface area contributed by atoms with Crippen molar-refractivity contribution in [2.24, 2.45) is 0 Å². The lowest BCUT2D eigenvalue weighted by Gasteiger charge is -2.06. The minimum atomic E-state index is -0.926. The van der Waals surface area contributed by atoms with Crippen LogP contribution in [-0.4, -0.2) is 12.0 Å². The van der Waals surface area contributed by atoms with E-state index in [1.807, 2.05) is 22.6 Å². The number of alkyl halides is 1. The van der Waals surface area contributed by atoms with E-state index in [9.17, 15) is 9.50 Å². The first kappa shape index (κ1) is 10.3. The van der Waals surface area contributed by atoms with Crippen LogP contribution < -0.4 is 4.74 Å². The van der Waals surface area contributed by atoms with E-state index in [0.29, 0.717) is 3.57 Å². The van der Waals surface area contributed by atoms with Crippen LogP contribution in [0.25, 0.3) is 0 Å². The van der Waals surface area contributed by atoms with Gasteiger partial charge < -0.3 is 9.84 Å². The summed E-state index contributed by atoms with van der Waals surface area (Å²) in [7, 11) is 0. The van der Waals surface area contributed by atoms with Crippen molar-refractivity contribution in [3.05, 3.63) is 19.3 Å². The number of halogens is 3. The van der Waals surface area contributed by atoms with Gasteiger partial charge in [0, 0.05) is 3.57 Å². The van der Waals surface area contributed by atoms with Crippen LogP contribution in [0.3, 0.4) is 0 Å². The third-order valence-electron chi connectivity index (χ3n) is 1.24. The predicted octanol–water partition coefficient (Wildman–Crippen LogP) is 2.91. The molecule has 0 aromatic heterocycles. The fourth-order valence-corrected chi connectivity index (χ4v) is 1.58. The zero-order chi connectivity index (χ0) is 9.14. The van der Waals surface area contributed by atoms with Crippen molar-refractivity contribution in [1.29, 1.82) is 0 Å². The summed E-state index contributed by atoms with van der Waals surface area (Å²) in [5, 5.41) is 9.41. The highest BCUT2D eigenvalue weighted by Crippen LogP contribution is 2.33. The Hall–Kier alpha value is 0.210. The summed E-state index contributed by atoms with van der Waals surface area (Å²) >= 11 is 4.05. The van der Waals surface area contributed by atoms with Crippen LogP contribution in [-0.2, 0) is 0 Å². The SMILES string of the molecule is Oc1c(OCF)ccc(I)c1I. The van der Waals surface area contributed by atoms with Crippen LogP contribution in [0.1, 0.15) is 0 Å². The zero-order valence-corrected chi connectivity index (χ0v) is 10.2. The van der Waals surface area contributed by atoms with E-state index in [-0.39, 0.29) is 11.5 Å². The highest BCUT2D eigenvalue weighted by atomic mass is 127. The number of hydrogen-bond acceptors (Lipinski definition) is 2. The molecule has 0 bridgehead atoms. The van der Waals surface area contributed by atoms with Gasteiger partial charge in [0.05, 0.1) is 3.57 Å². The molecule has 0 aliphatic rings. The second kappa shape index (κ2) is 4.45. The van der Waals surface area contributed by atoms with E-state index in [2.05, 4.69) is 27.3 Å². The molecule has 2 nitrogen and oxygen atoms in total. The lowest BCUT2D eigenvalue weighted by molar-refractivity contribution is 0.185. The molecular formula is C7H5FI2O2. The lowest BCUT2D eigenvalue weighted by Crippen LogP contribution is -1.92. The van der Waals surface area contributed by atoms with Gasteiger partial charge in [-0.05, 0) is 57.3 Å². The minimum Gasteiger partial charge on any atom is -0.503 e. The van der Waals surface area contributed by atoms with Gasteiger partial charge in [-0.2, -0.15) is 0 Å². The Morgan fingerprint density at radius 2 is 2.08 bits per heavy atom. The first-order valence-electron chi connectivity index (χ1n) is 3.02. The molecule has 0 aliphatic carbocycles. The molecule has 0 fully saturated rings. The molecule has 1 aromatic carbocycles. The Balaban J connectivity index is 3.08. The maximum absolute atomic E-state index is 11.8.